The molecule has 29 heavy (non-hydrogen) atoms. The van der Waals surface area contributed by atoms with Crippen LogP contribution in [-0.2, 0) is 21.3 Å². The molecule has 0 unspecified atom stereocenters. The van der Waals surface area contributed by atoms with Crippen molar-refractivity contribution in [1.82, 2.24) is 14.9 Å². The fourth-order valence-electron chi connectivity index (χ4n) is 3.84. The molecule has 8 heteroatoms. The van der Waals surface area contributed by atoms with Crippen molar-refractivity contribution in [2.45, 2.75) is 50.5 Å². The SMILES string of the molecule is CCOCCC1(CNC(=NC)NCc2ccccc2S(=O)(=O)N(C)C)CCCC1. The van der Waals surface area contributed by atoms with Gasteiger partial charge in [0.2, 0.25) is 10.0 Å². The Morgan fingerprint density at radius 1 is 1.21 bits per heavy atom. The molecule has 1 aliphatic carbocycles. The first-order valence-electron chi connectivity index (χ1n) is 10.4. The van der Waals surface area contributed by atoms with Crippen LogP contribution in [0.4, 0.5) is 0 Å². The summed E-state index contributed by atoms with van der Waals surface area (Å²) in [6.45, 7) is 4.80. The molecule has 0 aromatic heterocycles. The summed E-state index contributed by atoms with van der Waals surface area (Å²) in [6, 6.07) is 7.07. The monoisotopic (exact) mass is 424 g/mol. The number of hydrogen-bond donors (Lipinski definition) is 2. The van der Waals surface area contributed by atoms with Crippen LogP contribution in [0.5, 0.6) is 0 Å². The number of ether oxygens (including phenoxy) is 1. The van der Waals surface area contributed by atoms with Gasteiger partial charge in [-0.1, -0.05) is 31.0 Å². The van der Waals surface area contributed by atoms with Gasteiger partial charge in [0, 0.05) is 47.4 Å². The number of guanidine groups is 1. The lowest BCUT2D eigenvalue weighted by Gasteiger charge is -2.30. The lowest BCUT2D eigenvalue weighted by molar-refractivity contribution is 0.105. The maximum absolute atomic E-state index is 12.6. The molecule has 0 spiro atoms. The smallest absolute Gasteiger partial charge is 0.242 e. The molecule has 0 heterocycles. The minimum Gasteiger partial charge on any atom is -0.382 e. The van der Waals surface area contributed by atoms with Crippen LogP contribution in [0.2, 0.25) is 0 Å². The van der Waals surface area contributed by atoms with Crippen LogP contribution >= 0.6 is 0 Å². The summed E-state index contributed by atoms with van der Waals surface area (Å²) in [6.07, 6.45) is 5.97. The Kier molecular flexibility index (Phi) is 8.92. The molecule has 1 fully saturated rings. The zero-order valence-corrected chi connectivity index (χ0v) is 19.0. The highest BCUT2D eigenvalue weighted by Gasteiger charge is 2.33. The first kappa shape index (κ1) is 23.6. The van der Waals surface area contributed by atoms with Crippen molar-refractivity contribution in [2.75, 3.05) is 40.9 Å². The van der Waals surface area contributed by atoms with E-state index < -0.39 is 10.0 Å². The number of nitrogens with one attached hydrogen (secondary N) is 2. The maximum Gasteiger partial charge on any atom is 0.242 e. The van der Waals surface area contributed by atoms with Crippen molar-refractivity contribution in [2.24, 2.45) is 10.4 Å². The van der Waals surface area contributed by atoms with Gasteiger partial charge in [0.15, 0.2) is 5.96 Å². The molecule has 1 saturated carbocycles. The molecule has 0 bridgehead atoms. The highest BCUT2D eigenvalue weighted by molar-refractivity contribution is 7.89. The van der Waals surface area contributed by atoms with Gasteiger partial charge in [-0.15, -0.1) is 0 Å². The lowest BCUT2D eigenvalue weighted by Crippen LogP contribution is -2.43. The highest BCUT2D eigenvalue weighted by atomic mass is 32.2. The van der Waals surface area contributed by atoms with Crippen LogP contribution in [0, 0.1) is 5.41 Å². The zero-order chi connectivity index (χ0) is 21.3. The normalized spacial score (nSPS) is 16.9. The molecular formula is C21H36N4O3S. The average Bonchev–Trinajstić information content (AvgIpc) is 3.17. The summed E-state index contributed by atoms with van der Waals surface area (Å²) >= 11 is 0. The maximum atomic E-state index is 12.6. The number of benzene rings is 1. The lowest BCUT2D eigenvalue weighted by atomic mass is 9.83. The fourth-order valence-corrected chi connectivity index (χ4v) is 4.96. The molecule has 164 valence electrons. The first-order chi connectivity index (χ1) is 13.8. The first-order valence-corrected chi connectivity index (χ1v) is 11.8. The van der Waals surface area contributed by atoms with Gasteiger partial charge in [-0.2, -0.15) is 0 Å². The second kappa shape index (κ2) is 10.9. The quantitative estimate of drug-likeness (QED) is 0.343. The van der Waals surface area contributed by atoms with Crippen molar-refractivity contribution >= 4 is 16.0 Å². The summed E-state index contributed by atoms with van der Waals surface area (Å²) in [5, 5.41) is 6.72. The number of nitrogens with zero attached hydrogens (tertiary/aromatic N) is 2. The van der Waals surface area contributed by atoms with E-state index in [1.807, 2.05) is 19.1 Å². The third-order valence-corrected chi connectivity index (χ3v) is 7.59. The Morgan fingerprint density at radius 3 is 2.52 bits per heavy atom. The average molecular weight is 425 g/mol. The van der Waals surface area contributed by atoms with Crippen molar-refractivity contribution in [3.05, 3.63) is 29.8 Å². The van der Waals surface area contributed by atoms with E-state index in [0.717, 1.165) is 31.7 Å². The summed E-state index contributed by atoms with van der Waals surface area (Å²) in [7, 11) is 1.33. The Bertz CT molecular complexity index is 772. The molecule has 0 radical (unpaired) electrons. The van der Waals surface area contributed by atoms with Gasteiger partial charge in [-0.25, -0.2) is 12.7 Å². The van der Waals surface area contributed by atoms with E-state index in [0.29, 0.717) is 17.4 Å². The molecule has 1 aromatic rings. The van der Waals surface area contributed by atoms with Gasteiger partial charge >= 0.3 is 0 Å². The molecule has 0 amide bonds. The molecule has 2 rings (SSSR count). The van der Waals surface area contributed by atoms with E-state index >= 15 is 0 Å². The van der Waals surface area contributed by atoms with Crippen LogP contribution in [0.15, 0.2) is 34.2 Å². The predicted molar refractivity (Wildman–Crippen MR) is 118 cm³/mol. The van der Waals surface area contributed by atoms with Gasteiger partial charge < -0.3 is 15.4 Å². The molecular weight excluding hydrogens is 388 g/mol. The van der Waals surface area contributed by atoms with Crippen molar-refractivity contribution in [3.8, 4) is 0 Å². The number of aliphatic imine (C=N–C) groups is 1. The minimum atomic E-state index is -3.49. The van der Waals surface area contributed by atoms with E-state index in [9.17, 15) is 8.42 Å². The molecule has 1 aromatic carbocycles. The van der Waals surface area contributed by atoms with Crippen LogP contribution in [0.3, 0.4) is 0 Å². The van der Waals surface area contributed by atoms with Crippen molar-refractivity contribution in [1.29, 1.82) is 0 Å². The van der Waals surface area contributed by atoms with Crippen LogP contribution < -0.4 is 10.6 Å². The van der Waals surface area contributed by atoms with E-state index in [1.54, 1.807) is 33.3 Å². The highest BCUT2D eigenvalue weighted by Crippen LogP contribution is 2.40. The summed E-state index contributed by atoms with van der Waals surface area (Å²) < 4.78 is 32.0. The van der Waals surface area contributed by atoms with E-state index in [1.165, 1.54) is 30.0 Å². The second-order valence-corrected chi connectivity index (χ2v) is 9.95. The molecule has 0 atom stereocenters. The fraction of sp³-hybridized carbons (Fsp3) is 0.667. The zero-order valence-electron chi connectivity index (χ0n) is 18.2. The molecule has 2 N–H and O–H groups in total. The van der Waals surface area contributed by atoms with Crippen LogP contribution in [-0.4, -0.2) is 59.6 Å². The predicted octanol–water partition coefficient (Wildman–Crippen LogP) is 2.59. The second-order valence-electron chi connectivity index (χ2n) is 7.83. The molecule has 1 aliphatic rings. The molecule has 0 saturated heterocycles. The van der Waals surface area contributed by atoms with Crippen molar-refractivity contribution < 1.29 is 13.2 Å². The van der Waals surface area contributed by atoms with Gasteiger partial charge in [-0.3, -0.25) is 4.99 Å². The van der Waals surface area contributed by atoms with Gasteiger partial charge in [-0.05, 0) is 43.2 Å². The topological polar surface area (TPSA) is 83.0 Å². The third-order valence-electron chi connectivity index (χ3n) is 5.68. The van der Waals surface area contributed by atoms with Crippen molar-refractivity contribution in [3.63, 3.8) is 0 Å². The Labute approximate surface area is 176 Å². The summed E-state index contributed by atoms with van der Waals surface area (Å²) in [5.41, 5.74) is 0.968. The third kappa shape index (κ3) is 6.42. The summed E-state index contributed by atoms with van der Waals surface area (Å²) in [5.74, 6) is 0.685. The Balaban J connectivity index is 2.00. The van der Waals surface area contributed by atoms with Crippen LogP contribution in [0.1, 0.15) is 44.6 Å². The van der Waals surface area contributed by atoms with E-state index in [4.69, 9.17) is 4.74 Å². The molecule has 0 aliphatic heterocycles. The number of rotatable bonds is 10. The van der Waals surface area contributed by atoms with Gasteiger partial charge in [0.1, 0.15) is 0 Å². The standard InChI is InChI=1S/C21H36N4O3S/c1-5-28-15-14-21(12-8-9-13-21)17-24-20(22-2)23-16-18-10-6-7-11-19(18)29(26,27)25(3)4/h6-7,10-11H,5,8-9,12-17H2,1-4H3,(H2,22,23,24). The number of sulfonamides is 1. The van der Waals surface area contributed by atoms with Gasteiger partial charge in [0.05, 0.1) is 4.90 Å². The van der Waals surface area contributed by atoms with E-state index in [-0.39, 0.29) is 5.41 Å². The minimum absolute atomic E-state index is 0.249. The number of hydrogen-bond acceptors (Lipinski definition) is 4. The van der Waals surface area contributed by atoms with Gasteiger partial charge in [0.25, 0.3) is 0 Å². The molecule has 7 nitrogen and oxygen atoms in total. The van der Waals surface area contributed by atoms with Crippen LogP contribution in [0.25, 0.3) is 0 Å². The Hall–Kier alpha value is -1.64. The largest absolute Gasteiger partial charge is 0.382 e. The Morgan fingerprint density at radius 2 is 1.90 bits per heavy atom. The summed E-state index contributed by atoms with van der Waals surface area (Å²) in [4.78, 5) is 4.64. The van der Waals surface area contributed by atoms with E-state index in [2.05, 4.69) is 15.6 Å².